The molecule has 0 amide bonds. The molecule has 0 radical (unpaired) electrons. The van der Waals surface area contributed by atoms with Crippen molar-refractivity contribution >= 4 is 10.9 Å². The summed E-state index contributed by atoms with van der Waals surface area (Å²) in [4.78, 5) is 4.56. The summed E-state index contributed by atoms with van der Waals surface area (Å²) in [6, 6.07) is 12.8. The number of nitrogens with one attached hydrogen (secondary N) is 1. The van der Waals surface area contributed by atoms with E-state index in [-0.39, 0.29) is 0 Å². The fraction of sp³-hybridized carbons (Fsp3) is 0.294. The van der Waals surface area contributed by atoms with Gasteiger partial charge in [0.25, 0.3) is 0 Å². The van der Waals surface area contributed by atoms with Crippen molar-refractivity contribution in [3.63, 3.8) is 0 Å². The second-order valence-corrected chi connectivity index (χ2v) is 5.25. The van der Waals surface area contributed by atoms with Gasteiger partial charge in [-0.2, -0.15) is 5.10 Å². The molecule has 1 N–H and O–H groups in total. The Hall–Kier alpha value is -2.20. The SMILES string of the molecule is CNC(CCc1ccnn1C)c1cccc2cccnc12. The third kappa shape index (κ3) is 2.81. The van der Waals surface area contributed by atoms with Crippen LogP contribution in [0.3, 0.4) is 0 Å². The minimum Gasteiger partial charge on any atom is -0.313 e. The maximum Gasteiger partial charge on any atom is 0.0749 e. The van der Waals surface area contributed by atoms with Crippen molar-refractivity contribution in [3.05, 3.63) is 60.0 Å². The molecule has 1 unspecified atom stereocenters. The first-order valence-corrected chi connectivity index (χ1v) is 7.27. The molecule has 4 nitrogen and oxygen atoms in total. The Morgan fingerprint density at radius 1 is 1.14 bits per heavy atom. The van der Waals surface area contributed by atoms with E-state index >= 15 is 0 Å². The number of pyridine rings is 1. The molecule has 108 valence electrons. The lowest BCUT2D eigenvalue weighted by Gasteiger charge is -2.18. The Morgan fingerprint density at radius 2 is 2.00 bits per heavy atom. The maximum absolute atomic E-state index is 4.56. The minimum absolute atomic E-state index is 0.290. The summed E-state index contributed by atoms with van der Waals surface area (Å²) in [5.74, 6) is 0. The van der Waals surface area contributed by atoms with E-state index in [0.29, 0.717) is 6.04 Å². The molecule has 3 aromatic rings. The molecule has 4 heteroatoms. The zero-order chi connectivity index (χ0) is 14.7. The number of aromatic nitrogens is 3. The monoisotopic (exact) mass is 280 g/mol. The molecular weight excluding hydrogens is 260 g/mol. The second kappa shape index (κ2) is 6.06. The van der Waals surface area contributed by atoms with Crippen LogP contribution in [0.25, 0.3) is 10.9 Å². The summed E-state index contributed by atoms with van der Waals surface area (Å²) < 4.78 is 1.94. The van der Waals surface area contributed by atoms with E-state index in [1.54, 1.807) is 0 Å². The van der Waals surface area contributed by atoms with E-state index < -0.39 is 0 Å². The molecule has 0 aliphatic rings. The van der Waals surface area contributed by atoms with Gasteiger partial charge in [0.1, 0.15) is 0 Å². The molecule has 0 saturated heterocycles. The minimum atomic E-state index is 0.290. The van der Waals surface area contributed by atoms with Crippen LogP contribution in [0, 0.1) is 0 Å². The molecule has 0 bridgehead atoms. The van der Waals surface area contributed by atoms with Crippen molar-refractivity contribution < 1.29 is 0 Å². The second-order valence-electron chi connectivity index (χ2n) is 5.25. The highest BCUT2D eigenvalue weighted by Gasteiger charge is 2.14. The van der Waals surface area contributed by atoms with Gasteiger partial charge in [-0.05, 0) is 37.6 Å². The highest BCUT2D eigenvalue weighted by atomic mass is 15.2. The average molecular weight is 280 g/mol. The molecule has 1 atom stereocenters. The van der Waals surface area contributed by atoms with Crippen LogP contribution < -0.4 is 5.32 Å². The number of fused-ring (bicyclic) bond motifs is 1. The number of rotatable bonds is 5. The van der Waals surface area contributed by atoms with Crippen LogP contribution in [-0.4, -0.2) is 21.8 Å². The fourth-order valence-electron chi connectivity index (χ4n) is 2.80. The molecule has 21 heavy (non-hydrogen) atoms. The van der Waals surface area contributed by atoms with Crippen LogP contribution in [-0.2, 0) is 13.5 Å². The van der Waals surface area contributed by atoms with Gasteiger partial charge < -0.3 is 5.32 Å². The Kier molecular flexibility index (Phi) is 3.97. The Bertz CT molecular complexity index is 727. The van der Waals surface area contributed by atoms with Gasteiger partial charge in [-0.25, -0.2) is 0 Å². The third-order valence-corrected chi connectivity index (χ3v) is 4.00. The van der Waals surface area contributed by atoms with Crippen LogP contribution in [0.5, 0.6) is 0 Å². The molecule has 2 aromatic heterocycles. The summed E-state index contributed by atoms with van der Waals surface area (Å²) in [6.07, 6.45) is 5.72. The van der Waals surface area contributed by atoms with E-state index in [4.69, 9.17) is 0 Å². The number of para-hydroxylation sites is 1. The highest BCUT2D eigenvalue weighted by molar-refractivity contribution is 5.81. The van der Waals surface area contributed by atoms with Gasteiger partial charge in [0, 0.05) is 36.6 Å². The lowest BCUT2D eigenvalue weighted by molar-refractivity contribution is 0.538. The van der Waals surface area contributed by atoms with Crippen LogP contribution in [0.4, 0.5) is 0 Å². The van der Waals surface area contributed by atoms with Crippen molar-refractivity contribution in [3.8, 4) is 0 Å². The Balaban J connectivity index is 1.86. The van der Waals surface area contributed by atoms with E-state index in [0.717, 1.165) is 18.4 Å². The summed E-state index contributed by atoms with van der Waals surface area (Å²) in [5, 5.41) is 8.84. The van der Waals surface area contributed by atoms with Gasteiger partial charge in [-0.3, -0.25) is 9.67 Å². The van der Waals surface area contributed by atoms with Crippen LogP contribution in [0.2, 0.25) is 0 Å². The number of nitrogens with zero attached hydrogens (tertiary/aromatic N) is 3. The van der Waals surface area contributed by atoms with Crippen LogP contribution in [0.15, 0.2) is 48.8 Å². The van der Waals surface area contributed by atoms with E-state index in [1.807, 2.05) is 37.2 Å². The van der Waals surface area contributed by atoms with Gasteiger partial charge in [-0.1, -0.05) is 24.3 Å². The fourth-order valence-corrected chi connectivity index (χ4v) is 2.80. The molecule has 0 saturated carbocycles. The molecule has 0 spiro atoms. The van der Waals surface area contributed by atoms with E-state index in [9.17, 15) is 0 Å². The number of hydrogen-bond acceptors (Lipinski definition) is 3. The molecule has 0 aliphatic carbocycles. The summed E-state index contributed by atoms with van der Waals surface area (Å²) in [5.41, 5.74) is 3.60. The Labute approximate surface area is 124 Å². The lowest BCUT2D eigenvalue weighted by atomic mass is 9.98. The van der Waals surface area contributed by atoms with Gasteiger partial charge in [0.2, 0.25) is 0 Å². The lowest BCUT2D eigenvalue weighted by Crippen LogP contribution is -2.18. The standard InChI is InChI=1S/C17H20N4/c1-18-16(9-8-14-10-12-20-21(14)2)15-7-3-5-13-6-4-11-19-17(13)15/h3-7,10-12,16,18H,8-9H2,1-2H3. The number of hydrogen-bond donors (Lipinski definition) is 1. The number of benzene rings is 1. The maximum atomic E-state index is 4.56. The van der Waals surface area contributed by atoms with Crippen LogP contribution in [0.1, 0.15) is 23.7 Å². The average Bonchev–Trinajstić information content (AvgIpc) is 2.93. The predicted molar refractivity (Wildman–Crippen MR) is 85.1 cm³/mol. The Morgan fingerprint density at radius 3 is 2.76 bits per heavy atom. The van der Waals surface area contributed by atoms with Gasteiger partial charge in [0.05, 0.1) is 5.52 Å². The van der Waals surface area contributed by atoms with Gasteiger partial charge in [0.15, 0.2) is 0 Å². The van der Waals surface area contributed by atoms with Crippen molar-refractivity contribution in [1.82, 2.24) is 20.1 Å². The van der Waals surface area contributed by atoms with Crippen LogP contribution >= 0.6 is 0 Å². The molecule has 0 aliphatic heterocycles. The smallest absolute Gasteiger partial charge is 0.0749 e. The highest BCUT2D eigenvalue weighted by Crippen LogP contribution is 2.25. The largest absolute Gasteiger partial charge is 0.313 e. The van der Waals surface area contributed by atoms with Gasteiger partial charge >= 0.3 is 0 Å². The zero-order valence-corrected chi connectivity index (χ0v) is 12.5. The van der Waals surface area contributed by atoms with Crippen molar-refractivity contribution in [2.24, 2.45) is 7.05 Å². The quantitative estimate of drug-likeness (QED) is 0.781. The molecule has 3 rings (SSSR count). The van der Waals surface area contributed by atoms with E-state index in [2.05, 4.69) is 45.7 Å². The normalized spacial score (nSPS) is 12.7. The summed E-state index contributed by atoms with van der Waals surface area (Å²) in [6.45, 7) is 0. The first-order chi connectivity index (χ1) is 10.3. The topological polar surface area (TPSA) is 42.7 Å². The van der Waals surface area contributed by atoms with Crippen molar-refractivity contribution in [1.29, 1.82) is 0 Å². The van der Waals surface area contributed by atoms with Gasteiger partial charge in [-0.15, -0.1) is 0 Å². The molecule has 1 aromatic carbocycles. The predicted octanol–water partition coefficient (Wildman–Crippen LogP) is 2.86. The zero-order valence-electron chi connectivity index (χ0n) is 12.5. The summed E-state index contributed by atoms with van der Waals surface area (Å²) >= 11 is 0. The molecule has 2 heterocycles. The molecular formula is C17H20N4. The first kappa shape index (κ1) is 13.8. The third-order valence-electron chi connectivity index (χ3n) is 4.00. The van der Waals surface area contributed by atoms with E-state index in [1.165, 1.54) is 16.6 Å². The molecule has 0 fully saturated rings. The summed E-state index contributed by atoms with van der Waals surface area (Å²) in [7, 11) is 4.00. The first-order valence-electron chi connectivity index (χ1n) is 7.27. The number of aryl methyl sites for hydroxylation is 2. The van der Waals surface area contributed by atoms with Crippen molar-refractivity contribution in [2.75, 3.05) is 7.05 Å². The van der Waals surface area contributed by atoms with Crippen molar-refractivity contribution in [2.45, 2.75) is 18.9 Å².